The van der Waals surface area contributed by atoms with Crippen LogP contribution < -0.4 is 9.46 Å². The zero-order valence-corrected chi connectivity index (χ0v) is 15.5. The van der Waals surface area contributed by atoms with Crippen LogP contribution in [0.15, 0.2) is 36.7 Å². The Morgan fingerprint density at radius 1 is 1.30 bits per heavy atom. The molecule has 2 aromatic rings. The first kappa shape index (κ1) is 16.1. The molecule has 0 saturated heterocycles. The van der Waals surface area contributed by atoms with Crippen molar-refractivity contribution < 1.29 is 13.2 Å². The smallest absolute Gasteiger partial charge is 0.271 e. The van der Waals surface area contributed by atoms with Crippen LogP contribution in [0.3, 0.4) is 0 Å². The van der Waals surface area contributed by atoms with Crippen molar-refractivity contribution in [2.75, 3.05) is 11.8 Å². The van der Waals surface area contributed by atoms with Gasteiger partial charge in [0.25, 0.3) is 10.0 Å². The number of sulfonamides is 1. The molecule has 0 aliphatic carbocycles. The van der Waals surface area contributed by atoms with Crippen LogP contribution in [0, 0.1) is 0 Å². The molecule has 4 nitrogen and oxygen atoms in total. The van der Waals surface area contributed by atoms with Crippen LogP contribution in [0.5, 0.6) is 5.75 Å². The third-order valence-electron chi connectivity index (χ3n) is 2.29. The molecule has 1 heterocycles. The molecule has 0 amide bonds. The summed E-state index contributed by atoms with van der Waals surface area (Å²) < 4.78 is 33.4. The van der Waals surface area contributed by atoms with Crippen molar-refractivity contribution in [3.63, 3.8) is 0 Å². The standard InChI is InChI=1S/C11H8Br2ClNO3S2/c1-18-9-3-2-6(4-7(9)12)15-20(16,17)10-5-8(14)11(13)19-10/h2-5,15H,1H3. The van der Waals surface area contributed by atoms with Gasteiger partial charge in [0.1, 0.15) is 9.96 Å². The maximum absolute atomic E-state index is 12.2. The number of benzene rings is 1. The fourth-order valence-electron chi connectivity index (χ4n) is 1.39. The predicted octanol–water partition coefficient (Wildman–Crippen LogP) is 4.74. The molecule has 0 atom stereocenters. The Hall–Kier alpha value is -0.280. The number of hydrogen-bond donors (Lipinski definition) is 1. The van der Waals surface area contributed by atoms with Gasteiger partial charge >= 0.3 is 0 Å². The molecular weight excluding hydrogens is 454 g/mol. The van der Waals surface area contributed by atoms with E-state index in [4.69, 9.17) is 16.3 Å². The lowest BCUT2D eigenvalue weighted by Gasteiger charge is -2.08. The number of nitrogens with one attached hydrogen (secondary N) is 1. The first-order valence-electron chi connectivity index (χ1n) is 5.14. The molecule has 1 aromatic carbocycles. The van der Waals surface area contributed by atoms with E-state index in [0.29, 0.717) is 24.7 Å². The third kappa shape index (κ3) is 3.48. The van der Waals surface area contributed by atoms with E-state index < -0.39 is 10.0 Å². The van der Waals surface area contributed by atoms with Gasteiger partial charge in [0.15, 0.2) is 0 Å². The Balaban J connectivity index is 2.31. The summed E-state index contributed by atoms with van der Waals surface area (Å²) in [6.07, 6.45) is 0. The molecule has 0 aliphatic rings. The number of rotatable bonds is 4. The van der Waals surface area contributed by atoms with Gasteiger partial charge in [0.2, 0.25) is 0 Å². The first-order valence-corrected chi connectivity index (χ1v) is 9.41. The SMILES string of the molecule is COc1ccc(NS(=O)(=O)c2cc(Cl)c(Br)s2)cc1Br. The van der Waals surface area contributed by atoms with Gasteiger partial charge in [0.05, 0.1) is 26.1 Å². The highest BCUT2D eigenvalue weighted by Gasteiger charge is 2.19. The van der Waals surface area contributed by atoms with Crippen LogP contribution >= 0.6 is 54.8 Å². The van der Waals surface area contributed by atoms with E-state index in [1.807, 2.05) is 0 Å². The lowest BCUT2D eigenvalue weighted by atomic mass is 10.3. The minimum Gasteiger partial charge on any atom is -0.496 e. The fraction of sp³-hybridized carbons (Fsp3) is 0.0909. The molecule has 9 heteroatoms. The van der Waals surface area contributed by atoms with Gasteiger partial charge < -0.3 is 4.74 Å². The highest BCUT2D eigenvalue weighted by Crippen LogP contribution is 2.36. The normalized spacial score (nSPS) is 11.4. The summed E-state index contributed by atoms with van der Waals surface area (Å²) in [5, 5.41) is 0.367. The van der Waals surface area contributed by atoms with Gasteiger partial charge in [-0.1, -0.05) is 11.6 Å². The summed E-state index contributed by atoms with van der Waals surface area (Å²) in [7, 11) is -2.12. The molecule has 0 unspecified atom stereocenters. The van der Waals surface area contributed by atoms with E-state index in [1.165, 1.54) is 13.2 Å². The average molecular weight is 462 g/mol. The number of thiophene rings is 1. The molecule has 1 N–H and O–H groups in total. The quantitative estimate of drug-likeness (QED) is 0.716. The Morgan fingerprint density at radius 3 is 2.50 bits per heavy atom. The number of methoxy groups -OCH3 is 1. The van der Waals surface area contributed by atoms with Crippen LogP contribution in [-0.4, -0.2) is 15.5 Å². The number of halogens is 3. The highest BCUT2D eigenvalue weighted by molar-refractivity contribution is 9.11. The summed E-state index contributed by atoms with van der Waals surface area (Å²) in [4.78, 5) is 0. The second-order valence-corrected chi connectivity index (χ2v) is 9.18. The molecule has 0 radical (unpaired) electrons. The Morgan fingerprint density at radius 2 is 2.00 bits per heavy atom. The van der Waals surface area contributed by atoms with Gasteiger partial charge in [-0.2, -0.15) is 0 Å². The minimum atomic E-state index is -3.66. The molecule has 108 valence electrons. The zero-order valence-electron chi connectivity index (χ0n) is 9.98. The van der Waals surface area contributed by atoms with E-state index in [1.54, 1.807) is 18.2 Å². The second-order valence-electron chi connectivity index (χ2n) is 3.64. The van der Waals surface area contributed by atoms with Crippen molar-refractivity contribution in [3.8, 4) is 5.75 Å². The summed E-state index contributed by atoms with van der Waals surface area (Å²) in [5.41, 5.74) is 0.429. The third-order valence-corrected chi connectivity index (χ3v) is 7.24. The molecule has 0 bridgehead atoms. The van der Waals surface area contributed by atoms with Crippen molar-refractivity contribution >= 4 is 70.5 Å². The fourth-order valence-corrected chi connectivity index (χ4v) is 5.38. The predicted molar refractivity (Wildman–Crippen MR) is 88.5 cm³/mol. The zero-order chi connectivity index (χ0) is 14.9. The topological polar surface area (TPSA) is 55.4 Å². The van der Waals surface area contributed by atoms with E-state index in [0.717, 1.165) is 11.3 Å². The van der Waals surface area contributed by atoms with Crippen molar-refractivity contribution in [1.29, 1.82) is 0 Å². The molecule has 0 spiro atoms. The molecular formula is C11H8Br2ClNO3S2. The molecule has 0 aliphatic heterocycles. The molecule has 0 fully saturated rings. The lowest BCUT2D eigenvalue weighted by molar-refractivity contribution is 0.412. The van der Waals surface area contributed by atoms with E-state index in [2.05, 4.69) is 36.6 Å². The Labute approximate surface area is 142 Å². The van der Waals surface area contributed by atoms with Crippen molar-refractivity contribution in [1.82, 2.24) is 0 Å². The molecule has 0 saturated carbocycles. The van der Waals surface area contributed by atoms with Gasteiger partial charge in [-0.05, 0) is 56.1 Å². The van der Waals surface area contributed by atoms with Gasteiger partial charge in [0, 0.05) is 0 Å². The van der Waals surface area contributed by atoms with Gasteiger partial charge in [-0.3, -0.25) is 4.72 Å². The summed E-state index contributed by atoms with van der Waals surface area (Å²) in [5.74, 6) is 0.620. The van der Waals surface area contributed by atoms with Crippen LogP contribution in [-0.2, 0) is 10.0 Å². The summed E-state index contributed by atoms with van der Waals surface area (Å²) in [6.45, 7) is 0. The number of ether oxygens (including phenoxy) is 1. The Bertz CT molecular complexity index is 727. The van der Waals surface area contributed by atoms with Crippen LogP contribution in [0.25, 0.3) is 0 Å². The maximum atomic E-state index is 12.2. The monoisotopic (exact) mass is 459 g/mol. The van der Waals surface area contributed by atoms with Crippen molar-refractivity contribution in [3.05, 3.63) is 37.5 Å². The van der Waals surface area contributed by atoms with Crippen molar-refractivity contribution in [2.45, 2.75) is 4.21 Å². The van der Waals surface area contributed by atoms with E-state index in [-0.39, 0.29) is 4.21 Å². The van der Waals surface area contributed by atoms with Crippen LogP contribution in [0.4, 0.5) is 5.69 Å². The van der Waals surface area contributed by atoms with E-state index >= 15 is 0 Å². The lowest BCUT2D eigenvalue weighted by Crippen LogP contribution is -2.11. The van der Waals surface area contributed by atoms with Crippen LogP contribution in [0.1, 0.15) is 0 Å². The average Bonchev–Trinajstić information content (AvgIpc) is 2.70. The molecule has 20 heavy (non-hydrogen) atoms. The van der Waals surface area contributed by atoms with E-state index in [9.17, 15) is 8.42 Å². The molecule has 1 aromatic heterocycles. The van der Waals surface area contributed by atoms with Gasteiger partial charge in [-0.25, -0.2) is 8.42 Å². The summed E-state index contributed by atoms with van der Waals surface area (Å²) in [6, 6.07) is 6.31. The Kier molecular flexibility index (Phi) is 5.01. The molecule has 2 rings (SSSR count). The van der Waals surface area contributed by atoms with Crippen molar-refractivity contribution in [2.24, 2.45) is 0 Å². The number of anilines is 1. The summed E-state index contributed by atoms with van der Waals surface area (Å²) >= 11 is 13.4. The maximum Gasteiger partial charge on any atom is 0.271 e. The highest BCUT2D eigenvalue weighted by atomic mass is 79.9. The van der Waals surface area contributed by atoms with Crippen LogP contribution in [0.2, 0.25) is 5.02 Å². The van der Waals surface area contributed by atoms with Gasteiger partial charge in [-0.15, -0.1) is 11.3 Å². The number of hydrogen-bond acceptors (Lipinski definition) is 4. The first-order chi connectivity index (χ1) is 9.33. The minimum absolute atomic E-state index is 0.140. The largest absolute Gasteiger partial charge is 0.496 e. The second kappa shape index (κ2) is 6.23.